The van der Waals surface area contributed by atoms with Crippen LogP contribution in [0.2, 0.25) is 0 Å². The number of carbonyl (C=O) groups excluding carboxylic acids is 1. The molecule has 0 fully saturated rings. The van der Waals surface area contributed by atoms with Crippen LogP contribution < -0.4 is 5.73 Å². The molecule has 1 heterocycles. The summed E-state index contributed by atoms with van der Waals surface area (Å²) in [4.78, 5) is 18.2. The number of anilines is 1. The van der Waals surface area contributed by atoms with Gasteiger partial charge >= 0.3 is 0 Å². The maximum absolute atomic E-state index is 11.9. The molecule has 3 N–H and O–H groups in total. The second-order valence-corrected chi connectivity index (χ2v) is 4.88. The lowest BCUT2D eigenvalue weighted by atomic mass is 10.2. The van der Waals surface area contributed by atoms with Gasteiger partial charge in [0.2, 0.25) is 0 Å². The Morgan fingerprint density at radius 1 is 1.44 bits per heavy atom. The highest BCUT2D eigenvalue weighted by atomic mass is 32.2. The van der Waals surface area contributed by atoms with Gasteiger partial charge in [-0.2, -0.15) is 5.10 Å². The van der Waals surface area contributed by atoms with Gasteiger partial charge in [-0.1, -0.05) is 0 Å². The topological polar surface area (TPSA) is 87.9 Å². The zero-order chi connectivity index (χ0) is 13.1. The van der Waals surface area contributed by atoms with Crippen LogP contribution in [-0.2, 0) is 0 Å². The van der Waals surface area contributed by atoms with Gasteiger partial charge in [0.05, 0.1) is 0 Å². The van der Waals surface area contributed by atoms with Gasteiger partial charge in [-0.15, -0.1) is 0 Å². The fourth-order valence-electron chi connectivity index (χ4n) is 1.36. The van der Waals surface area contributed by atoms with E-state index in [0.717, 1.165) is 4.90 Å². The van der Waals surface area contributed by atoms with E-state index in [1.54, 1.807) is 32.3 Å². The Balaban J connectivity index is 2.30. The van der Waals surface area contributed by atoms with E-state index in [4.69, 9.17) is 5.73 Å². The van der Waals surface area contributed by atoms with E-state index < -0.39 is 0 Å². The zero-order valence-corrected chi connectivity index (χ0v) is 10.9. The minimum atomic E-state index is -0.0607. The SMILES string of the molecule is CN(C)C(=O)c1ccc(N)c(Sc2ncn[nH]2)c1. The number of rotatable bonds is 3. The number of hydrogen-bond donors (Lipinski definition) is 2. The number of aromatic amines is 1. The van der Waals surface area contributed by atoms with E-state index in [0.29, 0.717) is 16.4 Å². The van der Waals surface area contributed by atoms with Crippen molar-refractivity contribution >= 4 is 23.4 Å². The number of aromatic nitrogens is 3. The summed E-state index contributed by atoms with van der Waals surface area (Å²) >= 11 is 1.34. The third kappa shape index (κ3) is 2.62. The Morgan fingerprint density at radius 2 is 2.22 bits per heavy atom. The highest BCUT2D eigenvalue weighted by Crippen LogP contribution is 2.30. The summed E-state index contributed by atoms with van der Waals surface area (Å²) in [5, 5.41) is 7.13. The summed E-state index contributed by atoms with van der Waals surface area (Å²) in [5.74, 6) is -0.0607. The van der Waals surface area contributed by atoms with Gasteiger partial charge in [0, 0.05) is 30.2 Å². The monoisotopic (exact) mass is 263 g/mol. The number of benzene rings is 1. The normalized spacial score (nSPS) is 10.3. The summed E-state index contributed by atoms with van der Waals surface area (Å²) < 4.78 is 0. The third-order valence-electron chi connectivity index (χ3n) is 2.27. The van der Waals surface area contributed by atoms with Crippen LogP contribution in [-0.4, -0.2) is 40.1 Å². The molecule has 0 atom stereocenters. The summed E-state index contributed by atoms with van der Waals surface area (Å²) in [6.07, 6.45) is 1.42. The van der Waals surface area contributed by atoms with Crippen molar-refractivity contribution in [2.45, 2.75) is 10.1 Å². The van der Waals surface area contributed by atoms with Gasteiger partial charge in [-0.3, -0.25) is 9.89 Å². The number of nitrogen functional groups attached to an aromatic ring is 1. The van der Waals surface area contributed by atoms with Crippen molar-refractivity contribution in [3.63, 3.8) is 0 Å². The summed E-state index contributed by atoms with van der Waals surface area (Å²) in [6, 6.07) is 5.18. The minimum Gasteiger partial charge on any atom is -0.398 e. The van der Waals surface area contributed by atoms with Crippen molar-refractivity contribution in [1.82, 2.24) is 20.1 Å². The first-order chi connectivity index (χ1) is 8.58. The van der Waals surface area contributed by atoms with Crippen molar-refractivity contribution < 1.29 is 4.79 Å². The molecule has 0 saturated heterocycles. The third-order valence-corrected chi connectivity index (χ3v) is 3.23. The van der Waals surface area contributed by atoms with Crippen LogP contribution in [0, 0.1) is 0 Å². The zero-order valence-electron chi connectivity index (χ0n) is 10.0. The molecule has 18 heavy (non-hydrogen) atoms. The minimum absolute atomic E-state index is 0.0607. The Labute approximate surface area is 109 Å². The van der Waals surface area contributed by atoms with Crippen LogP contribution in [0.4, 0.5) is 5.69 Å². The smallest absolute Gasteiger partial charge is 0.253 e. The number of nitrogens with one attached hydrogen (secondary N) is 1. The van der Waals surface area contributed by atoms with Crippen molar-refractivity contribution in [3.05, 3.63) is 30.1 Å². The molecule has 94 valence electrons. The Kier molecular flexibility index (Phi) is 3.52. The quantitative estimate of drug-likeness (QED) is 0.813. The molecule has 2 rings (SSSR count). The van der Waals surface area contributed by atoms with Crippen molar-refractivity contribution in [2.24, 2.45) is 0 Å². The molecular weight excluding hydrogens is 250 g/mol. The maximum Gasteiger partial charge on any atom is 0.253 e. The molecule has 6 nitrogen and oxygen atoms in total. The molecule has 1 aromatic heterocycles. The lowest BCUT2D eigenvalue weighted by molar-refractivity contribution is 0.0827. The number of H-pyrrole nitrogens is 1. The van der Waals surface area contributed by atoms with Crippen LogP contribution >= 0.6 is 11.8 Å². The van der Waals surface area contributed by atoms with Crippen LogP contribution in [0.15, 0.2) is 34.6 Å². The van der Waals surface area contributed by atoms with Crippen molar-refractivity contribution in [2.75, 3.05) is 19.8 Å². The van der Waals surface area contributed by atoms with Gasteiger partial charge in [0.25, 0.3) is 5.91 Å². The van der Waals surface area contributed by atoms with Crippen LogP contribution in [0.5, 0.6) is 0 Å². The molecule has 0 bridgehead atoms. The molecule has 2 aromatic rings. The number of carbonyl (C=O) groups is 1. The molecule has 0 saturated carbocycles. The van der Waals surface area contributed by atoms with E-state index in [9.17, 15) is 4.79 Å². The molecule has 0 spiro atoms. The molecule has 7 heteroatoms. The van der Waals surface area contributed by atoms with Gasteiger partial charge in [-0.25, -0.2) is 4.98 Å². The summed E-state index contributed by atoms with van der Waals surface area (Å²) in [6.45, 7) is 0. The lowest BCUT2D eigenvalue weighted by Gasteiger charge is -2.11. The molecule has 1 amide bonds. The fourth-order valence-corrected chi connectivity index (χ4v) is 2.14. The van der Waals surface area contributed by atoms with Gasteiger partial charge in [-0.05, 0) is 30.0 Å². The molecule has 0 unspecified atom stereocenters. The average Bonchev–Trinajstić information content (AvgIpc) is 2.84. The van der Waals surface area contributed by atoms with Crippen LogP contribution in [0.25, 0.3) is 0 Å². The highest BCUT2D eigenvalue weighted by Gasteiger charge is 2.11. The first kappa shape index (κ1) is 12.4. The first-order valence-corrected chi connectivity index (χ1v) is 6.04. The molecular formula is C11H13N5OS. The standard InChI is InChI=1S/C11H13N5OS/c1-16(2)10(17)7-3-4-8(12)9(5-7)18-11-13-6-14-15-11/h3-6H,12H2,1-2H3,(H,13,14,15). The van der Waals surface area contributed by atoms with E-state index in [1.807, 2.05) is 0 Å². The summed E-state index contributed by atoms with van der Waals surface area (Å²) in [7, 11) is 3.42. The number of nitrogens with zero attached hydrogens (tertiary/aromatic N) is 3. The van der Waals surface area contributed by atoms with Gasteiger partial charge in [0.15, 0.2) is 5.16 Å². The van der Waals surface area contributed by atoms with E-state index in [-0.39, 0.29) is 5.91 Å². The Hall–Kier alpha value is -2.02. The molecule has 0 aliphatic carbocycles. The average molecular weight is 263 g/mol. The first-order valence-electron chi connectivity index (χ1n) is 5.22. The van der Waals surface area contributed by atoms with Crippen LogP contribution in [0.3, 0.4) is 0 Å². The fraction of sp³-hybridized carbons (Fsp3) is 0.182. The van der Waals surface area contributed by atoms with E-state index >= 15 is 0 Å². The van der Waals surface area contributed by atoms with Gasteiger partial charge in [0.1, 0.15) is 6.33 Å². The molecule has 1 aromatic carbocycles. The van der Waals surface area contributed by atoms with E-state index in [1.165, 1.54) is 23.0 Å². The molecule has 0 aliphatic heterocycles. The van der Waals surface area contributed by atoms with E-state index in [2.05, 4.69) is 15.2 Å². The van der Waals surface area contributed by atoms with Crippen LogP contribution in [0.1, 0.15) is 10.4 Å². The predicted molar refractivity (Wildman–Crippen MR) is 69.4 cm³/mol. The van der Waals surface area contributed by atoms with Crippen molar-refractivity contribution in [1.29, 1.82) is 0 Å². The molecule has 0 aliphatic rings. The lowest BCUT2D eigenvalue weighted by Crippen LogP contribution is -2.21. The highest BCUT2D eigenvalue weighted by molar-refractivity contribution is 7.99. The molecule has 0 radical (unpaired) electrons. The van der Waals surface area contributed by atoms with Gasteiger partial charge < -0.3 is 10.6 Å². The Bertz CT molecular complexity index is 553. The second-order valence-electron chi connectivity index (χ2n) is 3.84. The number of amides is 1. The Morgan fingerprint density at radius 3 is 2.83 bits per heavy atom. The number of hydrogen-bond acceptors (Lipinski definition) is 5. The number of nitrogens with two attached hydrogens (primary N) is 1. The summed E-state index contributed by atoms with van der Waals surface area (Å²) in [5.41, 5.74) is 7.07. The predicted octanol–water partition coefficient (Wildman–Crippen LogP) is 1.24. The largest absolute Gasteiger partial charge is 0.398 e. The second kappa shape index (κ2) is 5.09. The van der Waals surface area contributed by atoms with Crippen molar-refractivity contribution in [3.8, 4) is 0 Å². The maximum atomic E-state index is 11.9.